The van der Waals surface area contributed by atoms with Crippen molar-refractivity contribution in [3.8, 4) is 5.75 Å². The maximum Gasteiger partial charge on any atom is 0.573 e. The molecule has 0 radical (unpaired) electrons. The highest BCUT2D eigenvalue weighted by atomic mass is 32.2. The van der Waals surface area contributed by atoms with E-state index in [1.165, 1.54) is 42.5 Å². The predicted molar refractivity (Wildman–Crippen MR) is 121 cm³/mol. The fourth-order valence-corrected chi connectivity index (χ4v) is 5.58. The molecule has 1 heterocycles. The van der Waals surface area contributed by atoms with E-state index in [4.69, 9.17) is 5.11 Å². The van der Waals surface area contributed by atoms with Gasteiger partial charge in [-0.1, -0.05) is 12.1 Å². The Morgan fingerprint density at radius 1 is 1.15 bits per heavy atom. The van der Waals surface area contributed by atoms with Gasteiger partial charge in [0.1, 0.15) is 11.1 Å². The molecule has 1 fully saturated rings. The largest absolute Gasteiger partial charge is 0.573 e. The number of nitrogens with zero attached hydrogens (tertiary/aromatic N) is 2. The fourth-order valence-electron chi connectivity index (χ4n) is 3.88. The van der Waals surface area contributed by atoms with Gasteiger partial charge in [-0.2, -0.15) is 0 Å². The van der Waals surface area contributed by atoms with Crippen LogP contribution in [0, 0.1) is 6.92 Å². The van der Waals surface area contributed by atoms with Gasteiger partial charge >= 0.3 is 12.3 Å². The van der Waals surface area contributed by atoms with Gasteiger partial charge in [0.15, 0.2) is 9.84 Å². The lowest BCUT2D eigenvalue weighted by molar-refractivity contribution is -0.274. The number of piperazine rings is 1. The number of hydrogen-bond acceptors (Lipinski definition) is 6. The number of ether oxygens (including phenoxy) is 1. The van der Waals surface area contributed by atoms with E-state index in [-0.39, 0.29) is 17.1 Å². The Labute approximate surface area is 196 Å². The highest BCUT2D eigenvalue weighted by Gasteiger charge is 2.34. The SMILES string of the molecule is C=CC(N1CCN(c2ccc(OC(F)(F)F)cc2)CC1)S(=O)(=O)c1ccc(C)c(CC(=O)O)c1. The normalized spacial score (nSPS) is 16.2. The van der Waals surface area contributed by atoms with Crippen LogP contribution in [0.15, 0.2) is 60.0 Å². The lowest BCUT2D eigenvalue weighted by atomic mass is 10.1. The van der Waals surface area contributed by atoms with Crippen molar-refractivity contribution >= 4 is 21.5 Å². The summed E-state index contributed by atoms with van der Waals surface area (Å²) in [6.07, 6.45) is -3.69. The first kappa shape index (κ1) is 25.6. The number of aryl methyl sites for hydroxylation is 1. The van der Waals surface area contributed by atoms with Gasteiger partial charge in [-0.15, -0.1) is 19.8 Å². The minimum atomic E-state index is -4.76. The summed E-state index contributed by atoms with van der Waals surface area (Å²) in [5.41, 5.74) is 1.82. The highest BCUT2D eigenvalue weighted by Crippen LogP contribution is 2.28. The quantitative estimate of drug-likeness (QED) is 0.556. The number of halogens is 3. The third kappa shape index (κ3) is 6.09. The second-order valence-electron chi connectivity index (χ2n) is 7.89. The van der Waals surface area contributed by atoms with Gasteiger partial charge in [-0.3, -0.25) is 9.69 Å². The monoisotopic (exact) mass is 498 g/mol. The molecule has 2 aromatic carbocycles. The minimum absolute atomic E-state index is 0.0296. The third-order valence-corrected chi connectivity index (χ3v) is 7.66. The molecule has 2 aromatic rings. The first-order valence-corrected chi connectivity index (χ1v) is 12.0. The molecule has 1 N–H and O–H groups in total. The maximum atomic E-state index is 13.3. The molecule has 1 unspecified atom stereocenters. The van der Waals surface area contributed by atoms with E-state index in [0.717, 1.165) is 0 Å². The van der Waals surface area contributed by atoms with Crippen LogP contribution in [0.4, 0.5) is 18.9 Å². The molecule has 34 heavy (non-hydrogen) atoms. The molecule has 7 nitrogen and oxygen atoms in total. The molecule has 0 aliphatic carbocycles. The number of anilines is 1. The Balaban J connectivity index is 1.71. The van der Waals surface area contributed by atoms with Gasteiger partial charge in [0.2, 0.25) is 0 Å². The zero-order chi connectivity index (χ0) is 25.1. The molecule has 0 aromatic heterocycles. The molecule has 0 bridgehead atoms. The van der Waals surface area contributed by atoms with Crippen molar-refractivity contribution in [1.29, 1.82) is 0 Å². The van der Waals surface area contributed by atoms with Gasteiger partial charge in [-0.25, -0.2) is 8.42 Å². The Morgan fingerprint density at radius 3 is 2.29 bits per heavy atom. The van der Waals surface area contributed by atoms with Gasteiger partial charge in [-0.05, 0) is 54.4 Å². The highest BCUT2D eigenvalue weighted by molar-refractivity contribution is 7.92. The molecule has 0 spiro atoms. The van der Waals surface area contributed by atoms with Gasteiger partial charge in [0, 0.05) is 31.9 Å². The number of rotatable bonds is 8. The van der Waals surface area contributed by atoms with Crippen LogP contribution < -0.4 is 9.64 Å². The van der Waals surface area contributed by atoms with Crippen molar-refractivity contribution in [1.82, 2.24) is 4.90 Å². The number of carboxylic acids is 1. The number of hydrogen-bond donors (Lipinski definition) is 1. The number of carboxylic acid groups (broad SMARTS) is 1. The van der Waals surface area contributed by atoms with Gasteiger partial charge < -0.3 is 14.7 Å². The molecular weight excluding hydrogens is 473 g/mol. The summed E-state index contributed by atoms with van der Waals surface area (Å²) in [4.78, 5) is 14.8. The van der Waals surface area contributed by atoms with Crippen molar-refractivity contribution in [2.75, 3.05) is 31.1 Å². The molecule has 3 rings (SSSR count). The molecule has 1 aliphatic heterocycles. The van der Waals surface area contributed by atoms with E-state index in [2.05, 4.69) is 11.3 Å². The van der Waals surface area contributed by atoms with Gasteiger partial charge in [0.25, 0.3) is 0 Å². The maximum absolute atomic E-state index is 13.3. The number of aliphatic carboxylic acids is 1. The van der Waals surface area contributed by atoms with Crippen LogP contribution >= 0.6 is 0 Å². The van der Waals surface area contributed by atoms with Crippen LogP contribution in [0.3, 0.4) is 0 Å². The zero-order valence-corrected chi connectivity index (χ0v) is 19.3. The van der Waals surface area contributed by atoms with Gasteiger partial charge in [0.05, 0.1) is 11.3 Å². The Morgan fingerprint density at radius 2 is 1.76 bits per heavy atom. The number of alkyl halides is 3. The first-order valence-electron chi connectivity index (χ1n) is 10.4. The predicted octanol–water partition coefficient (Wildman–Crippen LogP) is 3.63. The zero-order valence-electron chi connectivity index (χ0n) is 18.5. The standard InChI is InChI=1S/C23H25F3N2O5S/c1-3-21(34(31,32)20-9-4-16(2)17(14-20)15-22(29)30)28-12-10-27(11-13-28)18-5-7-19(8-6-18)33-23(24,25)26/h3-9,14,21H,1,10-13,15H2,2H3,(H,29,30). The second-order valence-corrected chi connectivity index (χ2v) is 9.94. The number of carbonyl (C=O) groups is 1. The molecule has 1 saturated heterocycles. The number of benzene rings is 2. The summed E-state index contributed by atoms with van der Waals surface area (Å²) >= 11 is 0. The summed E-state index contributed by atoms with van der Waals surface area (Å²) in [6.45, 7) is 7.09. The lowest BCUT2D eigenvalue weighted by Gasteiger charge is -2.39. The summed E-state index contributed by atoms with van der Waals surface area (Å²) in [5.74, 6) is -1.36. The molecule has 1 atom stereocenters. The minimum Gasteiger partial charge on any atom is -0.481 e. The van der Waals surface area contributed by atoms with Crippen molar-refractivity contribution in [2.24, 2.45) is 0 Å². The third-order valence-electron chi connectivity index (χ3n) is 5.62. The van der Waals surface area contributed by atoms with E-state index in [9.17, 15) is 26.4 Å². The van der Waals surface area contributed by atoms with E-state index in [1.54, 1.807) is 17.9 Å². The summed E-state index contributed by atoms with van der Waals surface area (Å²) in [5, 5.41) is 8.09. The van der Waals surface area contributed by atoms with Crippen LogP contribution in [0.1, 0.15) is 11.1 Å². The average Bonchev–Trinajstić information content (AvgIpc) is 2.75. The van der Waals surface area contributed by atoms with Crippen LogP contribution in [0.5, 0.6) is 5.75 Å². The van der Waals surface area contributed by atoms with Crippen molar-refractivity contribution < 1.29 is 36.2 Å². The summed E-state index contributed by atoms with van der Waals surface area (Å²) in [7, 11) is -3.86. The average molecular weight is 499 g/mol. The van der Waals surface area contributed by atoms with E-state index in [1.807, 2.05) is 4.90 Å². The number of sulfone groups is 1. The second kappa shape index (κ2) is 10.1. The van der Waals surface area contributed by atoms with E-state index < -0.39 is 27.5 Å². The molecule has 0 saturated carbocycles. The van der Waals surface area contributed by atoms with E-state index >= 15 is 0 Å². The van der Waals surface area contributed by atoms with Crippen LogP contribution in [0.25, 0.3) is 0 Å². The molecule has 184 valence electrons. The van der Waals surface area contributed by atoms with Crippen LogP contribution in [-0.2, 0) is 21.1 Å². The fraction of sp³-hybridized carbons (Fsp3) is 0.348. The lowest BCUT2D eigenvalue weighted by Crippen LogP contribution is -2.52. The van der Waals surface area contributed by atoms with E-state index in [0.29, 0.717) is 43.0 Å². The first-order chi connectivity index (χ1) is 15.9. The molecular formula is C23H25F3N2O5S. The van der Waals surface area contributed by atoms with Crippen molar-refractivity contribution in [3.63, 3.8) is 0 Å². The Bertz CT molecular complexity index is 1140. The molecule has 1 aliphatic rings. The van der Waals surface area contributed by atoms with Crippen LogP contribution in [0.2, 0.25) is 0 Å². The Hall–Kier alpha value is -3.05. The summed E-state index contributed by atoms with van der Waals surface area (Å²) < 4.78 is 67.6. The smallest absolute Gasteiger partial charge is 0.481 e. The van der Waals surface area contributed by atoms with Crippen molar-refractivity contribution in [3.05, 3.63) is 66.2 Å². The topological polar surface area (TPSA) is 87.2 Å². The molecule has 11 heteroatoms. The summed E-state index contributed by atoms with van der Waals surface area (Å²) in [6, 6.07) is 9.97. The Kier molecular flexibility index (Phi) is 7.57. The van der Waals surface area contributed by atoms with Crippen molar-refractivity contribution in [2.45, 2.75) is 30.0 Å². The van der Waals surface area contributed by atoms with Crippen LogP contribution in [-0.4, -0.2) is 62.3 Å². The molecule has 0 amide bonds.